The van der Waals surface area contributed by atoms with Gasteiger partial charge in [0.2, 0.25) is 11.9 Å². The summed E-state index contributed by atoms with van der Waals surface area (Å²) in [6.07, 6.45) is 11.7. The number of carbonyl (C=O) groups excluding carboxylic acids is 2. The maximum atomic E-state index is 13.7. The topological polar surface area (TPSA) is 287 Å². The van der Waals surface area contributed by atoms with Crippen LogP contribution < -0.4 is 30.7 Å². The van der Waals surface area contributed by atoms with E-state index in [0.29, 0.717) is 45.2 Å². The maximum Gasteiger partial charge on any atom is 0.459 e. The van der Waals surface area contributed by atoms with E-state index < -0.39 is 39.5 Å². The molecule has 6 N–H and O–H groups in total. The quantitative estimate of drug-likeness (QED) is 0.0239. The van der Waals surface area contributed by atoms with E-state index in [0.717, 1.165) is 0 Å². The second-order valence-corrected chi connectivity index (χ2v) is 22.6. The molecule has 0 saturated heterocycles. The number of esters is 2. The molecule has 8 atom stereocenters. The first kappa shape index (κ1) is 56.3. The molecule has 4 heterocycles. The van der Waals surface area contributed by atoms with Crippen molar-refractivity contribution < 1.29 is 46.3 Å². The number of imidazole rings is 2. The first-order valence-corrected chi connectivity index (χ1v) is 27.7. The van der Waals surface area contributed by atoms with Gasteiger partial charge in [0, 0.05) is 21.9 Å². The number of fused-ring (bicyclic) bond motifs is 2. The average Bonchev–Trinajstić information content (AvgIpc) is 4.16. The lowest BCUT2D eigenvalue weighted by molar-refractivity contribution is -0.150. The standard InChI is InChI=1S/2C23H27Cl2N6O5P/c2*1-13(2)35-22(32)14(3)30-37(33,36-18-8-5-16(24)6-9-18)34-11-15-4-7-17(10-15)31-12-27-19-20(25)28-23(26)29-21(19)31/h2*4-9,12-15,17H,10-11H2,1-3H3,(H,30,33)(H2,26,28,29)/t2*14-,15+,17-,37?/m00/s1. The van der Waals surface area contributed by atoms with Crippen LogP contribution in [0.15, 0.2) is 85.5 Å². The van der Waals surface area contributed by atoms with Crippen LogP contribution >= 0.6 is 61.9 Å². The van der Waals surface area contributed by atoms with Crippen LogP contribution in [0.1, 0.15) is 66.5 Å². The lowest BCUT2D eigenvalue weighted by Crippen LogP contribution is -2.36. The number of nitrogens with zero attached hydrogens (tertiary/aromatic N) is 8. The van der Waals surface area contributed by atoms with Gasteiger partial charge in [-0.3, -0.25) is 18.6 Å². The fourth-order valence-corrected chi connectivity index (χ4v) is 11.3. The molecule has 0 aliphatic heterocycles. The predicted octanol–water partition coefficient (Wildman–Crippen LogP) is 9.93. The van der Waals surface area contributed by atoms with Crippen LogP contribution in [0, 0.1) is 11.8 Å². The number of allylic oxidation sites excluding steroid dienone is 2. The minimum Gasteiger partial charge on any atom is -0.462 e. The highest BCUT2D eigenvalue weighted by Crippen LogP contribution is 2.48. The zero-order chi connectivity index (χ0) is 53.5. The van der Waals surface area contributed by atoms with Crippen LogP contribution in [0.4, 0.5) is 11.9 Å². The molecular weight excluding hydrogens is 1080 g/mol. The molecule has 6 aromatic rings. The van der Waals surface area contributed by atoms with Crippen molar-refractivity contribution in [3.63, 3.8) is 0 Å². The van der Waals surface area contributed by atoms with Crippen LogP contribution in [-0.2, 0) is 37.2 Å². The van der Waals surface area contributed by atoms with Gasteiger partial charge in [-0.15, -0.1) is 0 Å². The fourth-order valence-electron chi connectivity index (χ4n) is 7.53. The van der Waals surface area contributed by atoms with E-state index in [9.17, 15) is 18.7 Å². The second kappa shape index (κ2) is 24.5. The Morgan fingerprint density at radius 3 is 1.32 bits per heavy atom. The molecule has 22 nitrogen and oxygen atoms in total. The van der Waals surface area contributed by atoms with Crippen molar-refractivity contribution in [2.24, 2.45) is 11.8 Å². The Morgan fingerprint density at radius 1 is 0.608 bits per heavy atom. The summed E-state index contributed by atoms with van der Waals surface area (Å²) in [7, 11) is -7.99. The molecular formula is C46H54Cl4N12O10P2. The molecule has 0 radical (unpaired) electrons. The van der Waals surface area contributed by atoms with Crippen LogP contribution in [0.3, 0.4) is 0 Å². The maximum absolute atomic E-state index is 13.7. The highest BCUT2D eigenvalue weighted by molar-refractivity contribution is 7.52. The molecule has 396 valence electrons. The van der Waals surface area contributed by atoms with Crippen molar-refractivity contribution in [3.8, 4) is 11.5 Å². The highest BCUT2D eigenvalue weighted by Gasteiger charge is 2.36. The van der Waals surface area contributed by atoms with Gasteiger partial charge in [0.25, 0.3) is 0 Å². The van der Waals surface area contributed by atoms with Crippen LogP contribution in [0.5, 0.6) is 11.5 Å². The molecule has 0 spiro atoms. The molecule has 8 rings (SSSR count). The zero-order valence-corrected chi connectivity index (χ0v) is 45.6. The molecule has 2 aromatic carbocycles. The van der Waals surface area contributed by atoms with Gasteiger partial charge in [0.1, 0.15) is 34.6 Å². The van der Waals surface area contributed by atoms with Crippen molar-refractivity contribution in [2.75, 3.05) is 24.7 Å². The van der Waals surface area contributed by atoms with Gasteiger partial charge in [-0.25, -0.2) is 19.1 Å². The van der Waals surface area contributed by atoms with Gasteiger partial charge in [-0.2, -0.15) is 30.1 Å². The summed E-state index contributed by atoms with van der Waals surface area (Å²) >= 11 is 24.2. The van der Waals surface area contributed by atoms with Gasteiger partial charge < -0.3 is 39.1 Å². The third-order valence-corrected chi connectivity index (χ3v) is 15.2. The largest absolute Gasteiger partial charge is 0.462 e. The number of rotatable bonds is 20. The van der Waals surface area contributed by atoms with Crippen molar-refractivity contribution in [1.29, 1.82) is 0 Å². The van der Waals surface area contributed by atoms with Crippen molar-refractivity contribution in [1.82, 2.24) is 49.2 Å². The van der Waals surface area contributed by atoms with E-state index in [2.05, 4.69) is 40.1 Å². The Bertz CT molecular complexity index is 2900. The Hall–Kier alpha value is -5.38. The van der Waals surface area contributed by atoms with Gasteiger partial charge in [0.05, 0.1) is 50.2 Å². The number of anilines is 2. The number of ether oxygens (including phenoxy) is 2. The summed E-state index contributed by atoms with van der Waals surface area (Å²) in [6, 6.07) is 10.5. The molecule has 0 saturated carbocycles. The smallest absolute Gasteiger partial charge is 0.459 e. The summed E-state index contributed by atoms with van der Waals surface area (Å²) in [5.74, 6) is -0.738. The fraction of sp³-hybridized carbons (Fsp3) is 0.391. The molecule has 0 bridgehead atoms. The van der Waals surface area contributed by atoms with E-state index in [4.69, 9.17) is 85.4 Å². The zero-order valence-electron chi connectivity index (χ0n) is 40.8. The Kier molecular flexibility index (Phi) is 18.7. The third kappa shape index (κ3) is 14.9. The van der Waals surface area contributed by atoms with Crippen molar-refractivity contribution in [2.45, 2.75) is 90.8 Å². The normalized spacial score (nSPS) is 19.7. The number of nitrogens with two attached hydrogens (primary N) is 2. The summed E-state index contributed by atoms with van der Waals surface area (Å²) in [6.45, 7) is 10.1. The number of aromatic nitrogens is 8. The van der Waals surface area contributed by atoms with E-state index in [-0.39, 0.29) is 83.0 Å². The van der Waals surface area contributed by atoms with E-state index in [1.54, 1.807) is 88.9 Å². The summed E-state index contributed by atoms with van der Waals surface area (Å²) in [5, 5.41) is 6.71. The minimum atomic E-state index is -4.00. The highest BCUT2D eigenvalue weighted by atomic mass is 35.5. The summed E-state index contributed by atoms with van der Waals surface area (Å²) in [4.78, 5) is 49.6. The second-order valence-electron chi connectivity index (χ2n) is 17.6. The third-order valence-electron chi connectivity index (χ3n) is 10.9. The summed E-state index contributed by atoms with van der Waals surface area (Å²) < 4.78 is 64.5. The SMILES string of the molecule is CC(C)OC(=O)[C@H](C)NP(=O)(OC[C@@H]1C=C[C@H](n2cnc3c(Cl)nc(N)nc32)C1)Oc1ccc(Cl)cc1.CC(C)OC(=O)[C@H](C)NP(=O)(OC[C@@H]1C=C[C@H](n2cnc3c(Cl)nc(N)nc32)C1)Oc1ccc(Cl)cc1. The number of halogens is 4. The molecule has 28 heteroatoms. The Morgan fingerprint density at radius 2 is 0.973 bits per heavy atom. The van der Waals surface area contributed by atoms with Crippen LogP contribution in [-0.4, -0.2) is 88.5 Å². The van der Waals surface area contributed by atoms with Gasteiger partial charge in [-0.05, 0) is 103 Å². The molecule has 2 aliphatic carbocycles. The Labute approximate surface area is 446 Å². The van der Waals surface area contributed by atoms with Gasteiger partial charge >= 0.3 is 27.4 Å². The molecule has 2 aliphatic rings. The van der Waals surface area contributed by atoms with Gasteiger partial charge in [-0.1, -0.05) is 70.7 Å². The lowest BCUT2D eigenvalue weighted by Gasteiger charge is -2.24. The van der Waals surface area contributed by atoms with E-state index in [1.807, 2.05) is 33.4 Å². The number of hydrogen-bond donors (Lipinski definition) is 4. The number of carbonyl (C=O) groups is 2. The van der Waals surface area contributed by atoms with Crippen LogP contribution in [0.25, 0.3) is 22.3 Å². The predicted molar refractivity (Wildman–Crippen MR) is 281 cm³/mol. The number of nitrogen functional groups attached to an aromatic ring is 2. The molecule has 74 heavy (non-hydrogen) atoms. The van der Waals surface area contributed by atoms with Crippen molar-refractivity contribution >= 4 is 108 Å². The number of nitrogens with one attached hydrogen (secondary N) is 2. The van der Waals surface area contributed by atoms with Crippen LogP contribution in [0.2, 0.25) is 20.4 Å². The van der Waals surface area contributed by atoms with Crippen molar-refractivity contribution in [3.05, 3.63) is 106 Å². The monoisotopic (exact) mass is 1140 g/mol. The van der Waals surface area contributed by atoms with E-state index >= 15 is 0 Å². The number of hydrogen-bond acceptors (Lipinski definition) is 18. The molecule has 2 unspecified atom stereocenters. The summed E-state index contributed by atoms with van der Waals surface area (Å²) in [5.41, 5.74) is 13.5. The first-order valence-electron chi connectivity index (χ1n) is 23.1. The first-order chi connectivity index (χ1) is 35.1. The van der Waals surface area contributed by atoms with Gasteiger partial charge in [0.15, 0.2) is 21.6 Å². The van der Waals surface area contributed by atoms with E-state index in [1.165, 1.54) is 13.8 Å². The average molecular weight is 1140 g/mol. The lowest BCUT2D eigenvalue weighted by atomic mass is 10.1. The molecule has 0 amide bonds. The molecule has 0 fully saturated rings. The molecule has 4 aromatic heterocycles. The number of benzene rings is 2. The Balaban J connectivity index is 0.000000216. The minimum absolute atomic E-state index is 0.0533.